The molecule has 19 heavy (non-hydrogen) atoms. The van der Waals surface area contributed by atoms with Gasteiger partial charge in [-0.1, -0.05) is 12.1 Å². The summed E-state index contributed by atoms with van der Waals surface area (Å²) in [5.74, 6) is 0.838. The SMILES string of the molecule is Cc1cc([C@@H](C)N)ccc1OCC(=O)N1CCCC1. The van der Waals surface area contributed by atoms with Gasteiger partial charge in [0, 0.05) is 19.1 Å². The zero-order valence-electron chi connectivity index (χ0n) is 11.7. The largest absolute Gasteiger partial charge is 0.484 e. The van der Waals surface area contributed by atoms with Crippen LogP contribution in [0.25, 0.3) is 0 Å². The number of amides is 1. The standard InChI is InChI=1S/C15H22N2O2/c1-11-9-13(12(2)16)5-6-14(11)19-10-15(18)17-7-3-4-8-17/h5-6,9,12H,3-4,7-8,10,16H2,1-2H3/t12-/m1/s1. The Morgan fingerprint density at radius 2 is 2.11 bits per heavy atom. The van der Waals surface area contributed by atoms with Crippen LogP contribution in [0.1, 0.15) is 36.9 Å². The molecule has 104 valence electrons. The van der Waals surface area contributed by atoms with Gasteiger partial charge in [-0.05, 0) is 43.9 Å². The lowest BCUT2D eigenvalue weighted by molar-refractivity contribution is -0.132. The lowest BCUT2D eigenvalue weighted by atomic mass is 10.1. The highest BCUT2D eigenvalue weighted by molar-refractivity contribution is 5.78. The van der Waals surface area contributed by atoms with Gasteiger partial charge < -0.3 is 15.4 Å². The Labute approximate surface area is 114 Å². The first-order valence-electron chi connectivity index (χ1n) is 6.84. The molecule has 0 spiro atoms. The minimum absolute atomic E-state index is 0.0129. The van der Waals surface area contributed by atoms with Crippen molar-refractivity contribution in [1.82, 2.24) is 4.90 Å². The molecule has 1 heterocycles. The van der Waals surface area contributed by atoms with Crippen LogP contribution in [0.2, 0.25) is 0 Å². The first-order chi connectivity index (χ1) is 9.08. The van der Waals surface area contributed by atoms with E-state index < -0.39 is 0 Å². The van der Waals surface area contributed by atoms with E-state index in [1.165, 1.54) is 0 Å². The zero-order valence-corrected chi connectivity index (χ0v) is 11.7. The second-order valence-corrected chi connectivity index (χ2v) is 5.19. The number of hydrogen-bond acceptors (Lipinski definition) is 3. The molecular formula is C15H22N2O2. The fourth-order valence-electron chi connectivity index (χ4n) is 2.32. The zero-order chi connectivity index (χ0) is 13.8. The highest BCUT2D eigenvalue weighted by Gasteiger charge is 2.18. The number of nitrogens with two attached hydrogens (primary N) is 1. The molecular weight excluding hydrogens is 240 g/mol. The number of nitrogens with zero attached hydrogens (tertiary/aromatic N) is 1. The van der Waals surface area contributed by atoms with Gasteiger partial charge in [-0.25, -0.2) is 0 Å². The molecule has 1 aromatic carbocycles. The van der Waals surface area contributed by atoms with Crippen LogP contribution < -0.4 is 10.5 Å². The van der Waals surface area contributed by atoms with Crippen molar-refractivity contribution in [2.24, 2.45) is 5.73 Å². The summed E-state index contributed by atoms with van der Waals surface area (Å²) in [4.78, 5) is 13.8. The van der Waals surface area contributed by atoms with Crippen molar-refractivity contribution in [2.45, 2.75) is 32.7 Å². The van der Waals surface area contributed by atoms with Crippen LogP contribution in [-0.4, -0.2) is 30.5 Å². The van der Waals surface area contributed by atoms with Gasteiger partial charge in [-0.3, -0.25) is 4.79 Å². The van der Waals surface area contributed by atoms with Crippen LogP contribution in [0, 0.1) is 6.92 Å². The van der Waals surface area contributed by atoms with Crippen molar-refractivity contribution in [3.8, 4) is 5.75 Å². The Bertz CT molecular complexity index is 451. The van der Waals surface area contributed by atoms with Crippen molar-refractivity contribution < 1.29 is 9.53 Å². The molecule has 1 aliphatic heterocycles. The summed E-state index contributed by atoms with van der Waals surface area (Å²) in [5, 5.41) is 0. The van der Waals surface area contributed by atoms with E-state index in [2.05, 4.69) is 0 Å². The molecule has 0 bridgehead atoms. The Balaban J connectivity index is 1.94. The fourth-order valence-corrected chi connectivity index (χ4v) is 2.32. The number of ether oxygens (including phenoxy) is 1. The van der Waals surface area contributed by atoms with E-state index in [9.17, 15) is 4.79 Å². The molecule has 1 amide bonds. The normalized spacial score (nSPS) is 16.5. The van der Waals surface area contributed by atoms with E-state index in [0.717, 1.165) is 42.8 Å². The molecule has 1 fully saturated rings. The Morgan fingerprint density at radius 3 is 2.68 bits per heavy atom. The predicted octanol–water partition coefficient (Wildman–Crippen LogP) is 2.02. The Kier molecular flexibility index (Phi) is 4.43. The van der Waals surface area contributed by atoms with Crippen molar-refractivity contribution in [2.75, 3.05) is 19.7 Å². The summed E-state index contributed by atoms with van der Waals surface area (Å²) in [6.45, 7) is 5.78. The van der Waals surface area contributed by atoms with Crippen LogP contribution in [0.5, 0.6) is 5.75 Å². The van der Waals surface area contributed by atoms with Gasteiger partial charge in [-0.2, -0.15) is 0 Å². The smallest absolute Gasteiger partial charge is 0.260 e. The van der Waals surface area contributed by atoms with Crippen LogP contribution >= 0.6 is 0 Å². The van der Waals surface area contributed by atoms with Gasteiger partial charge in [0.05, 0.1) is 0 Å². The summed E-state index contributed by atoms with van der Waals surface area (Å²) in [6.07, 6.45) is 2.21. The molecule has 0 radical (unpaired) electrons. The Hall–Kier alpha value is -1.55. The highest BCUT2D eigenvalue weighted by atomic mass is 16.5. The average Bonchev–Trinajstić information content (AvgIpc) is 2.90. The predicted molar refractivity (Wildman–Crippen MR) is 75.1 cm³/mol. The summed E-state index contributed by atoms with van der Waals surface area (Å²) < 4.78 is 5.61. The van der Waals surface area contributed by atoms with Crippen molar-refractivity contribution >= 4 is 5.91 Å². The maximum absolute atomic E-state index is 11.9. The van der Waals surface area contributed by atoms with Crippen molar-refractivity contribution in [3.63, 3.8) is 0 Å². The van der Waals surface area contributed by atoms with Crippen LogP contribution in [0.4, 0.5) is 0 Å². The summed E-state index contributed by atoms with van der Waals surface area (Å²) in [6, 6.07) is 5.87. The molecule has 0 unspecified atom stereocenters. The molecule has 4 nitrogen and oxygen atoms in total. The maximum Gasteiger partial charge on any atom is 0.260 e. The first kappa shape index (κ1) is 13.9. The summed E-state index contributed by atoms with van der Waals surface area (Å²) in [5.41, 5.74) is 7.93. The minimum atomic E-state index is 0.0129. The maximum atomic E-state index is 11.9. The van der Waals surface area contributed by atoms with E-state index in [1.54, 1.807) is 0 Å². The van der Waals surface area contributed by atoms with E-state index in [4.69, 9.17) is 10.5 Å². The second-order valence-electron chi connectivity index (χ2n) is 5.19. The van der Waals surface area contributed by atoms with Crippen molar-refractivity contribution in [1.29, 1.82) is 0 Å². The van der Waals surface area contributed by atoms with Crippen LogP contribution in [0.3, 0.4) is 0 Å². The van der Waals surface area contributed by atoms with Gasteiger partial charge >= 0.3 is 0 Å². The van der Waals surface area contributed by atoms with Gasteiger partial charge in [-0.15, -0.1) is 0 Å². The third-order valence-electron chi connectivity index (χ3n) is 3.53. The molecule has 0 aromatic heterocycles. The molecule has 0 aliphatic carbocycles. The number of likely N-dealkylation sites (tertiary alicyclic amines) is 1. The van der Waals surface area contributed by atoms with E-state index >= 15 is 0 Å². The third kappa shape index (κ3) is 3.47. The summed E-state index contributed by atoms with van der Waals surface area (Å²) >= 11 is 0. The van der Waals surface area contributed by atoms with E-state index in [-0.39, 0.29) is 18.6 Å². The Morgan fingerprint density at radius 1 is 1.42 bits per heavy atom. The third-order valence-corrected chi connectivity index (χ3v) is 3.53. The van der Waals surface area contributed by atoms with Crippen LogP contribution in [0.15, 0.2) is 18.2 Å². The monoisotopic (exact) mass is 262 g/mol. The first-order valence-corrected chi connectivity index (χ1v) is 6.84. The minimum Gasteiger partial charge on any atom is -0.484 e. The summed E-state index contributed by atoms with van der Waals surface area (Å²) in [7, 11) is 0. The van der Waals surface area contributed by atoms with Gasteiger partial charge in [0.25, 0.3) is 5.91 Å². The lowest BCUT2D eigenvalue weighted by Gasteiger charge is -2.17. The van der Waals surface area contributed by atoms with E-state index in [0.29, 0.717) is 0 Å². The number of rotatable bonds is 4. The number of carbonyl (C=O) groups excluding carboxylic acids is 1. The molecule has 1 atom stereocenters. The molecule has 1 aliphatic rings. The topological polar surface area (TPSA) is 55.6 Å². The fraction of sp³-hybridized carbons (Fsp3) is 0.533. The number of carbonyl (C=O) groups is 1. The number of hydrogen-bond donors (Lipinski definition) is 1. The van der Waals surface area contributed by atoms with Gasteiger partial charge in [0.2, 0.25) is 0 Å². The molecule has 4 heteroatoms. The molecule has 0 saturated carbocycles. The van der Waals surface area contributed by atoms with Crippen LogP contribution in [-0.2, 0) is 4.79 Å². The molecule has 1 saturated heterocycles. The lowest BCUT2D eigenvalue weighted by Crippen LogP contribution is -2.32. The average molecular weight is 262 g/mol. The molecule has 2 N–H and O–H groups in total. The number of aryl methyl sites for hydroxylation is 1. The van der Waals surface area contributed by atoms with Gasteiger partial charge in [0.15, 0.2) is 6.61 Å². The molecule has 2 rings (SSSR count). The van der Waals surface area contributed by atoms with E-state index in [1.807, 2.05) is 36.9 Å². The second kappa shape index (κ2) is 6.06. The number of benzene rings is 1. The quantitative estimate of drug-likeness (QED) is 0.903. The highest BCUT2D eigenvalue weighted by Crippen LogP contribution is 2.22. The van der Waals surface area contributed by atoms with Crippen molar-refractivity contribution in [3.05, 3.63) is 29.3 Å². The van der Waals surface area contributed by atoms with Gasteiger partial charge in [0.1, 0.15) is 5.75 Å². The molecule has 1 aromatic rings.